The maximum atomic E-state index is 12.1. The molecule has 7 nitrogen and oxygen atoms in total. The van der Waals surface area contributed by atoms with E-state index in [1.165, 1.54) is 7.11 Å². The molecule has 1 N–H and O–H groups in total. The summed E-state index contributed by atoms with van der Waals surface area (Å²) in [4.78, 5) is 12.1. The third-order valence-electron chi connectivity index (χ3n) is 3.46. The fourth-order valence-corrected chi connectivity index (χ4v) is 2.49. The molecule has 0 aromatic heterocycles. The standard InChI is InChI=1S/C16H25N3O4S/c1-12(16(2,3)4)17-18-15(20)11-19(24(6,21)22)13-8-7-9-14(10-13)23-5/h7-10H,11H2,1-6H3,(H,18,20)/b17-12-. The highest BCUT2D eigenvalue weighted by Gasteiger charge is 2.21. The lowest BCUT2D eigenvalue weighted by atomic mass is 9.91. The van der Waals surface area contributed by atoms with Gasteiger partial charge in [0.05, 0.1) is 19.1 Å². The van der Waals surface area contributed by atoms with Crippen LogP contribution in [0, 0.1) is 5.41 Å². The molecular weight excluding hydrogens is 330 g/mol. The predicted molar refractivity (Wildman–Crippen MR) is 95.9 cm³/mol. The highest BCUT2D eigenvalue weighted by atomic mass is 32.2. The van der Waals surface area contributed by atoms with Gasteiger partial charge in [-0.15, -0.1) is 0 Å². The normalized spacial score (nSPS) is 12.7. The van der Waals surface area contributed by atoms with Gasteiger partial charge in [-0.25, -0.2) is 13.8 Å². The highest BCUT2D eigenvalue weighted by molar-refractivity contribution is 7.92. The Hall–Kier alpha value is -2.09. The summed E-state index contributed by atoms with van der Waals surface area (Å²) in [5, 5.41) is 4.03. The molecule has 0 saturated carbocycles. The summed E-state index contributed by atoms with van der Waals surface area (Å²) in [5.41, 5.74) is 3.31. The van der Waals surface area contributed by atoms with Crippen LogP contribution in [0.25, 0.3) is 0 Å². The fraction of sp³-hybridized carbons (Fsp3) is 0.500. The molecule has 1 aromatic carbocycles. The van der Waals surface area contributed by atoms with E-state index in [4.69, 9.17) is 4.74 Å². The van der Waals surface area contributed by atoms with Crippen LogP contribution in [-0.4, -0.2) is 39.9 Å². The van der Waals surface area contributed by atoms with Crippen molar-refractivity contribution >= 4 is 27.3 Å². The van der Waals surface area contributed by atoms with Crippen LogP contribution >= 0.6 is 0 Å². The molecule has 0 aliphatic rings. The molecule has 1 rings (SSSR count). The van der Waals surface area contributed by atoms with Crippen molar-refractivity contribution in [2.45, 2.75) is 27.7 Å². The summed E-state index contributed by atoms with van der Waals surface area (Å²) < 4.78 is 30.2. The Balaban J connectivity index is 2.98. The van der Waals surface area contributed by atoms with Crippen LogP contribution in [0.2, 0.25) is 0 Å². The highest BCUT2D eigenvalue weighted by Crippen LogP contribution is 2.22. The number of nitrogens with zero attached hydrogens (tertiary/aromatic N) is 2. The van der Waals surface area contributed by atoms with Crippen LogP contribution < -0.4 is 14.5 Å². The smallest absolute Gasteiger partial charge is 0.260 e. The SMILES string of the molecule is COc1cccc(N(CC(=O)N/N=C(/C)C(C)(C)C)S(C)(=O)=O)c1. The van der Waals surface area contributed by atoms with E-state index in [0.717, 1.165) is 16.3 Å². The van der Waals surface area contributed by atoms with Crippen molar-refractivity contribution in [2.75, 3.05) is 24.2 Å². The maximum Gasteiger partial charge on any atom is 0.260 e. The van der Waals surface area contributed by atoms with E-state index >= 15 is 0 Å². The second-order valence-corrected chi connectivity index (χ2v) is 8.36. The van der Waals surface area contributed by atoms with Gasteiger partial charge in [0.1, 0.15) is 12.3 Å². The Bertz CT molecular complexity index is 721. The molecule has 0 bridgehead atoms. The molecule has 134 valence electrons. The molecule has 0 saturated heterocycles. The van der Waals surface area contributed by atoms with Crippen molar-refractivity contribution in [3.05, 3.63) is 24.3 Å². The van der Waals surface area contributed by atoms with Crippen molar-refractivity contribution in [1.82, 2.24) is 5.43 Å². The number of amides is 1. The van der Waals surface area contributed by atoms with Gasteiger partial charge in [0.15, 0.2) is 0 Å². The van der Waals surface area contributed by atoms with Crippen molar-refractivity contribution in [3.63, 3.8) is 0 Å². The first-order valence-corrected chi connectivity index (χ1v) is 9.25. The summed E-state index contributed by atoms with van der Waals surface area (Å²) in [6.07, 6.45) is 1.05. The molecule has 0 radical (unpaired) electrons. The Labute approximate surface area is 143 Å². The first kappa shape index (κ1) is 20.0. The van der Waals surface area contributed by atoms with E-state index in [-0.39, 0.29) is 12.0 Å². The number of hydrogen-bond acceptors (Lipinski definition) is 5. The zero-order valence-corrected chi connectivity index (χ0v) is 15.8. The van der Waals surface area contributed by atoms with Crippen LogP contribution in [0.1, 0.15) is 27.7 Å². The summed E-state index contributed by atoms with van der Waals surface area (Å²) in [6.45, 7) is 7.34. The summed E-state index contributed by atoms with van der Waals surface area (Å²) in [7, 11) is -2.15. The molecule has 8 heteroatoms. The molecule has 0 aliphatic heterocycles. The van der Waals surface area contributed by atoms with E-state index in [1.807, 2.05) is 20.8 Å². The van der Waals surface area contributed by atoms with Gasteiger partial charge in [-0.1, -0.05) is 26.8 Å². The topological polar surface area (TPSA) is 88.1 Å². The number of ether oxygens (including phenoxy) is 1. The van der Waals surface area contributed by atoms with Gasteiger partial charge in [0.2, 0.25) is 10.0 Å². The largest absolute Gasteiger partial charge is 0.497 e. The molecule has 0 unspecified atom stereocenters. The van der Waals surface area contributed by atoms with Crippen LogP contribution in [0.4, 0.5) is 5.69 Å². The second-order valence-electron chi connectivity index (χ2n) is 6.45. The first-order chi connectivity index (χ1) is 10.9. The fourth-order valence-electron chi connectivity index (χ4n) is 1.65. The lowest BCUT2D eigenvalue weighted by Crippen LogP contribution is -2.39. The predicted octanol–water partition coefficient (Wildman–Crippen LogP) is 2.00. The number of nitrogens with one attached hydrogen (secondary N) is 1. The number of rotatable bonds is 6. The minimum absolute atomic E-state index is 0.184. The minimum atomic E-state index is -3.64. The van der Waals surface area contributed by atoms with Crippen molar-refractivity contribution in [3.8, 4) is 5.75 Å². The maximum absolute atomic E-state index is 12.1. The quantitative estimate of drug-likeness (QED) is 0.624. The second kappa shape index (κ2) is 7.65. The number of methoxy groups -OCH3 is 1. The van der Waals surface area contributed by atoms with Crippen molar-refractivity contribution < 1.29 is 17.9 Å². The summed E-state index contributed by atoms with van der Waals surface area (Å²) in [6, 6.07) is 6.51. The molecule has 0 spiro atoms. The third-order valence-corrected chi connectivity index (χ3v) is 4.60. The van der Waals surface area contributed by atoms with Gasteiger partial charge in [0.25, 0.3) is 5.91 Å². The number of sulfonamides is 1. The van der Waals surface area contributed by atoms with Crippen LogP contribution in [0.5, 0.6) is 5.75 Å². The minimum Gasteiger partial charge on any atom is -0.497 e. The molecule has 24 heavy (non-hydrogen) atoms. The van der Waals surface area contributed by atoms with Gasteiger partial charge in [-0.2, -0.15) is 5.10 Å². The Morgan fingerprint density at radius 2 is 1.96 bits per heavy atom. The van der Waals surface area contributed by atoms with Crippen molar-refractivity contribution in [1.29, 1.82) is 0 Å². The Morgan fingerprint density at radius 1 is 1.33 bits per heavy atom. The van der Waals surface area contributed by atoms with Gasteiger partial charge in [0, 0.05) is 17.2 Å². The van der Waals surface area contributed by atoms with Gasteiger partial charge in [-0.05, 0) is 19.1 Å². The monoisotopic (exact) mass is 355 g/mol. The first-order valence-electron chi connectivity index (χ1n) is 7.40. The van der Waals surface area contributed by atoms with E-state index in [9.17, 15) is 13.2 Å². The lowest BCUT2D eigenvalue weighted by Gasteiger charge is -2.22. The number of benzene rings is 1. The zero-order valence-electron chi connectivity index (χ0n) is 15.0. The van der Waals surface area contributed by atoms with E-state index in [1.54, 1.807) is 31.2 Å². The Kier molecular flexibility index (Phi) is 6.36. The molecule has 0 aliphatic carbocycles. The molecule has 0 atom stereocenters. The lowest BCUT2D eigenvalue weighted by molar-refractivity contribution is -0.119. The molecule has 0 fully saturated rings. The number of hydrogen-bond donors (Lipinski definition) is 1. The van der Waals surface area contributed by atoms with Crippen LogP contribution in [-0.2, 0) is 14.8 Å². The van der Waals surface area contributed by atoms with E-state index in [0.29, 0.717) is 11.4 Å². The zero-order chi connectivity index (χ0) is 18.5. The van der Waals surface area contributed by atoms with Crippen LogP contribution in [0.15, 0.2) is 29.4 Å². The molecular formula is C16H25N3O4S. The van der Waals surface area contributed by atoms with E-state index in [2.05, 4.69) is 10.5 Å². The number of carbonyl (C=O) groups excluding carboxylic acids is 1. The van der Waals surface area contributed by atoms with Gasteiger partial charge in [-0.3, -0.25) is 9.10 Å². The average molecular weight is 355 g/mol. The average Bonchev–Trinajstić information content (AvgIpc) is 2.48. The molecule has 0 heterocycles. The molecule has 1 amide bonds. The Morgan fingerprint density at radius 3 is 2.46 bits per heavy atom. The third kappa shape index (κ3) is 5.84. The van der Waals surface area contributed by atoms with Gasteiger partial charge < -0.3 is 4.74 Å². The van der Waals surface area contributed by atoms with Crippen molar-refractivity contribution in [2.24, 2.45) is 10.5 Å². The number of carbonyl (C=O) groups is 1. The summed E-state index contributed by atoms with van der Waals surface area (Å²) in [5.74, 6) is -0.0185. The number of anilines is 1. The van der Waals surface area contributed by atoms with Gasteiger partial charge >= 0.3 is 0 Å². The van der Waals surface area contributed by atoms with E-state index < -0.39 is 15.9 Å². The number of hydrazone groups is 1. The van der Waals surface area contributed by atoms with Crippen LogP contribution in [0.3, 0.4) is 0 Å². The molecule has 1 aromatic rings. The summed E-state index contributed by atoms with van der Waals surface area (Å²) >= 11 is 0.